The minimum atomic E-state index is -0.157. The second-order valence-electron chi connectivity index (χ2n) is 4.98. The van der Waals surface area contributed by atoms with Crippen molar-refractivity contribution in [3.05, 3.63) is 75.6 Å². The van der Waals surface area contributed by atoms with Crippen LogP contribution in [0.4, 0.5) is 0 Å². The number of hydrogen-bond acceptors (Lipinski definition) is 3. The SMILES string of the molecule is O=C(NCCc1nc(-c2ccccc2)cs1)c1ccccc1Cl. The zero-order valence-electron chi connectivity index (χ0n) is 12.3. The number of amides is 1. The van der Waals surface area contributed by atoms with Crippen molar-refractivity contribution in [2.24, 2.45) is 0 Å². The van der Waals surface area contributed by atoms with Crippen LogP contribution in [0, 0.1) is 0 Å². The Balaban J connectivity index is 1.56. The zero-order chi connectivity index (χ0) is 16.1. The maximum atomic E-state index is 12.1. The van der Waals surface area contributed by atoms with Crippen LogP contribution in [0.1, 0.15) is 15.4 Å². The second kappa shape index (κ2) is 7.40. The number of carbonyl (C=O) groups is 1. The molecule has 0 spiro atoms. The fourth-order valence-corrected chi connectivity index (χ4v) is 3.22. The van der Waals surface area contributed by atoms with Gasteiger partial charge in [-0.2, -0.15) is 0 Å². The van der Waals surface area contributed by atoms with Crippen LogP contribution in [0.15, 0.2) is 60.0 Å². The van der Waals surface area contributed by atoms with Crippen LogP contribution in [-0.2, 0) is 6.42 Å². The van der Waals surface area contributed by atoms with Gasteiger partial charge in [0.2, 0.25) is 0 Å². The maximum absolute atomic E-state index is 12.1. The van der Waals surface area contributed by atoms with E-state index in [9.17, 15) is 4.79 Å². The van der Waals surface area contributed by atoms with Crippen molar-refractivity contribution in [1.29, 1.82) is 0 Å². The number of thiazole rings is 1. The van der Waals surface area contributed by atoms with Crippen LogP contribution in [-0.4, -0.2) is 17.4 Å². The molecule has 0 bridgehead atoms. The first-order valence-electron chi connectivity index (χ1n) is 7.26. The Morgan fingerprint density at radius 1 is 1.09 bits per heavy atom. The van der Waals surface area contributed by atoms with Gasteiger partial charge in [0.1, 0.15) is 0 Å². The monoisotopic (exact) mass is 342 g/mol. The molecule has 23 heavy (non-hydrogen) atoms. The van der Waals surface area contributed by atoms with Crippen LogP contribution >= 0.6 is 22.9 Å². The average Bonchev–Trinajstić information content (AvgIpc) is 3.05. The van der Waals surface area contributed by atoms with Gasteiger partial charge < -0.3 is 5.32 Å². The fraction of sp³-hybridized carbons (Fsp3) is 0.111. The number of carbonyl (C=O) groups excluding carboxylic acids is 1. The lowest BCUT2D eigenvalue weighted by Gasteiger charge is -2.05. The lowest BCUT2D eigenvalue weighted by atomic mass is 10.2. The highest BCUT2D eigenvalue weighted by Gasteiger charge is 2.09. The van der Waals surface area contributed by atoms with E-state index < -0.39 is 0 Å². The molecule has 0 unspecified atom stereocenters. The van der Waals surface area contributed by atoms with E-state index in [0.29, 0.717) is 23.6 Å². The van der Waals surface area contributed by atoms with Crippen LogP contribution in [0.5, 0.6) is 0 Å². The first-order valence-corrected chi connectivity index (χ1v) is 8.52. The summed E-state index contributed by atoms with van der Waals surface area (Å²) in [5.74, 6) is -0.157. The van der Waals surface area contributed by atoms with Crippen molar-refractivity contribution in [2.75, 3.05) is 6.54 Å². The summed E-state index contributed by atoms with van der Waals surface area (Å²) in [5.41, 5.74) is 2.58. The van der Waals surface area contributed by atoms with Gasteiger partial charge in [0.05, 0.1) is 21.3 Å². The van der Waals surface area contributed by atoms with Gasteiger partial charge in [-0.15, -0.1) is 11.3 Å². The molecule has 0 fully saturated rings. The van der Waals surface area contributed by atoms with E-state index in [2.05, 4.69) is 10.3 Å². The lowest BCUT2D eigenvalue weighted by molar-refractivity contribution is 0.0954. The van der Waals surface area contributed by atoms with E-state index in [1.807, 2.05) is 35.7 Å². The lowest BCUT2D eigenvalue weighted by Crippen LogP contribution is -2.25. The summed E-state index contributed by atoms with van der Waals surface area (Å²) >= 11 is 7.62. The molecule has 1 aromatic heterocycles. The first kappa shape index (κ1) is 15.7. The molecule has 0 atom stereocenters. The molecule has 5 heteroatoms. The molecule has 0 saturated carbocycles. The van der Waals surface area contributed by atoms with Crippen LogP contribution in [0.3, 0.4) is 0 Å². The third-order valence-electron chi connectivity index (χ3n) is 3.36. The Bertz CT molecular complexity index is 802. The van der Waals surface area contributed by atoms with Gasteiger partial charge >= 0.3 is 0 Å². The third-order valence-corrected chi connectivity index (χ3v) is 4.60. The maximum Gasteiger partial charge on any atom is 0.252 e. The Labute approximate surface area is 144 Å². The second-order valence-corrected chi connectivity index (χ2v) is 6.33. The standard InChI is InChI=1S/C18H15ClN2OS/c19-15-9-5-4-8-14(15)18(22)20-11-10-17-21-16(12-23-17)13-6-2-1-3-7-13/h1-9,12H,10-11H2,(H,20,22). The van der Waals surface area contributed by atoms with Gasteiger partial charge in [-0.05, 0) is 12.1 Å². The molecule has 3 nitrogen and oxygen atoms in total. The third kappa shape index (κ3) is 3.97. The summed E-state index contributed by atoms with van der Waals surface area (Å²) in [7, 11) is 0. The Kier molecular flexibility index (Phi) is 5.05. The molecule has 3 aromatic rings. The van der Waals surface area contributed by atoms with E-state index >= 15 is 0 Å². The Morgan fingerprint density at radius 3 is 2.61 bits per heavy atom. The zero-order valence-corrected chi connectivity index (χ0v) is 13.9. The Morgan fingerprint density at radius 2 is 1.83 bits per heavy atom. The molecule has 0 aliphatic heterocycles. The topological polar surface area (TPSA) is 42.0 Å². The highest BCUT2D eigenvalue weighted by molar-refractivity contribution is 7.09. The van der Waals surface area contributed by atoms with Gasteiger partial charge in [0.25, 0.3) is 5.91 Å². The molecule has 0 radical (unpaired) electrons. The van der Waals surface area contributed by atoms with Gasteiger partial charge in [-0.3, -0.25) is 4.79 Å². The molecule has 1 amide bonds. The number of benzene rings is 2. The molecule has 0 aliphatic rings. The van der Waals surface area contributed by atoms with Crippen molar-refractivity contribution in [1.82, 2.24) is 10.3 Å². The number of aromatic nitrogens is 1. The summed E-state index contributed by atoms with van der Waals surface area (Å²) in [5, 5.41) is 6.39. The van der Waals surface area contributed by atoms with Gasteiger partial charge in [-0.1, -0.05) is 54.1 Å². The van der Waals surface area contributed by atoms with E-state index in [4.69, 9.17) is 11.6 Å². The van der Waals surface area contributed by atoms with Gasteiger partial charge in [0.15, 0.2) is 0 Å². The molecule has 1 N–H and O–H groups in total. The highest BCUT2D eigenvalue weighted by atomic mass is 35.5. The number of hydrogen-bond donors (Lipinski definition) is 1. The van der Waals surface area contributed by atoms with Crippen LogP contribution in [0.25, 0.3) is 11.3 Å². The van der Waals surface area contributed by atoms with Crippen LogP contribution in [0.2, 0.25) is 5.02 Å². The quantitative estimate of drug-likeness (QED) is 0.745. The summed E-state index contributed by atoms with van der Waals surface area (Å²) in [4.78, 5) is 16.7. The smallest absolute Gasteiger partial charge is 0.252 e. The molecular weight excluding hydrogens is 328 g/mol. The largest absolute Gasteiger partial charge is 0.352 e. The average molecular weight is 343 g/mol. The minimum Gasteiger partial charge on any atom is -0.352 e. The predicted molar refractivity (Wildman–Crippen MR) is 95.0 cm³/mol. The van der Waals surface area contributed by atoms with Crippen LogP contribution < -0.4 is 5.32 Å². The molecule has 0 aliphatic carbocycles. The fourth-order valence-electron chi connectivity index (χ4n) is 2.19. The molecular formula is C18H15ClN2OS. The normalized spacial score (nSPS) is 10.5. The first-order chi connectivity index (χ1) is 11.2. The molecule has 116 valence electrons. The number of nitrogens with one attached hydrogen (secondary N) is 1. The summed E-state index contributed by atoms with van der Waals surface area (Å²) in [6.07, 6.45) is 0.702. The molecule has 2 aromatic carbocycles. The number of halogens is 1. The van der Waals surface area contributed by atoms with Crippen molar-refractivity contribution in [2.45, 2.75) is 6.42 Å². The van der Waals surface area contributed by atoms with E-state index in [0.717, 1.165) is 16.3 Å². The van der Waals surface area contributed by atoms with E-state index in [1.165, 1.54) is 0 Å². The van der Waals surface area contributed by atoms with E-state index in [1.54, 1.807) is 35.6 Å². The number of nitrogens with zero attached hydrogens (tertiary/aromatic N) is 1. The summed E-state index contributed by atoms with van der Waals surface area (Å²) in [6.45, 7) is 0.534. The van der Waals surface area contributed by atoms with Crippen molar-refractivity contribution < 1.29 is 4.79 Å². The molecule has 1 heterocycles. The number of rotatable bonds is 5. The van der Waals surface area contributed by atoms with E-state index in [-0.39, 0.29) is 5.91 Å². The van der Waals surface area contributed by atoms with Crippen molar-refractivity contribution in [3.63, 3.8) is 0 Å². The molecule has 3 rings (SSSR count). The minimum absolute atomic E-state index is 0.157. The van der Waals surface area contributed by atoms with Gasteiger partial charge in [-0.25, -0.2) is 4.98 Å². The Hall–Kier alpha value is -2.17. The van der Waals surface area contributed by atoms with Crippen molar-refractivity contribution in [3.8, 4) is 11.3 Å². The van der Waals surface area contributed by atoms with Crippen molar-refractivity contribution >= 4 is 28.8 Å². The predicted octanol–water partition coefficient (Wildman–Crippen LogP) is 4.44. The molecule has 0 saturated heterocycles. The van der Waals surface area contributed by atoms with Gasteiger partial charge in [0, 0.05) is 23.9 Å². The summed E-state index contributed by atoms with van der Waals surface area (Å²) < 4.78 is 0. The summed E-state index contributed by atoms with van der Waals surface area (Å²) in [6, 6.07) is 17.1. The highest BCUT2D eigenvalue weighted by Crippen LogP contribution is 2.21.